The summed E-state index contributed by atoms with van der Waals surface area (Å²) in [5.41, 5.74) is 2.63. The van der Waals surface area contributed by atoms with Crippen LogP contribution >= 0.6 is 27.3 Å². The molecule has 1 aliphatic carbocycles. The van der Waals surface area contributed by atoms with Crippen molar-refractivity contribution in [1.82, 2.24) is 9.97 Å². The minimum atomic E-state index is 0.404. The topological polar surface area (TPSA) is 25.8 Å². The lowest BCUT2D eigenvalue weighted by molar-refractivity contribution is 0.596. The fraction of sp³-hybridized carbons (Fsp3) is 0.333. The average Bonchev–Trinajstić information content (AvgIpc) is 2.75. The van der Waals surface area contributed by atoms with Gasteiger partial charge in [0.15, 0.2) is 0 Å². The molecule has 0 bridgehead atoms. The number of thiazole rings is 1. The number of aromatic nitrogens is 2. The van der Waals surface area contributed by atoms with Crippen LogP contribution in [0.25, 0.3) is 0 Å². The molecular formula is C12H11BrN2S. The van der Waals surface area contributed by atoms with Crippen molar-refractivity contribution in [2.75, 3.05) is 0 Å². The number of rotatable bonds is 1. The highest BCUT2D eigenvalue weighted by atomic mass is 79.9. The molecule has 0 radical (unpaired) electrons. The summed E-state index contributed by atoms with van der Waals surface area (Å²) in [6, 6.07) is 4.22. The van der Waals surface area contributed by atoms with Gasteiger partial charge in [0.05, 0.1) is 11.6 Å². The van der Waals surface area contributed by atoms with Gasteiger partial charge in [-0.05, 0) is 46.8 Å². The third kappa shape index (κ3) is 1.80. The molecule has 1 atom stereocenters. The molecule has 4 heteroatoms. The van der Waals surface area contributed by atoms with Crippen molar-refractivity contribution < 1.29 is 0 Å². The van der Waals surface area contributed by atoms with Gasteiger partial charge in [-0.25, -0.2) is 4.98 Å². The van der Waals surface area contributed by atoms with Gasteiger partial charge in [0.1, 0.15) is 9.61 Å². The van der Waals surface area contributed by atoms with E-state index in [1.807, 2.05) is 17.6 Å². The summed E-state index contributed by atoms with van der Waals surface area (Å²) in [5, 5.41) is 3.23. The molecule has 0 N–H and O–H groups in total. The van der Waals surface area contributed by atoms with Crippen LogP contribution in [-0.4, -0.2) is 9.97 Å². The fourth-order valence-corrected chi connectivity index (χ4v) is 3.68. The maximum atomic E-state index is 4.54. The lowest BCUT2D eigenvalue weighted by atomic mass is 9.87. The minimum Gasteiger partial charge on any atom is -0.260 e. The number of pyridine rings is 1. The molecule has 0 fully saturated rings. The van der Waals surface area contributed by atoms with Gasteiger partial charge in [0.25, 0.3) is 0 Å². The van der Waals surface area contributed by atoms with E-state index in [0.29, 0.717) is 5.92 Å². The Hall–Kier alpha value is -0.740. The molecular weight excluding hydrogens is 284 g/mol. The van der Waals surface area contributed by atoms with Crippen molar-refractivity contribution >= 4 is 27.3 Å². The zero-order valence-corrected chi connectivity index (χ0v) is 11.1. The number of halogens is 1. The molecule has 0 spiro atoms. The van der Waals surface area contributed by atoms with Crippen molar-refractivity contribution in [3.63, 3.8) is 0 Å². The third-order valence-corrected chi connectivity index (χ3v) is 4.65. The van der Waals surface area contributed by atoms with E-state index in [4.69, 9.17) is 0 Å². The fourth-order valence-electron chi connectivity index (χ4n) is 2.28. The first-order valence-electron chi connectivity index (χ1n) is 5.39. The molecule has 82 valence electrons. The lowest BCUT2D eigenvalue weighted by Gasteiger charge is -2.22. The molecule has 2 heterocycles. The molecule has 16 heavy (non-hydrogen) atoms. The van der Waals surface area contributed by atoms with Crippen LogP contribution < -0.4 is 0 Å². The Balaban J connectivity index is 2.04. The Labute approximate surface area is 107 Å². The summed E-state index contributed by atoms with van der Waals surface area (Å²) in [6.07, 6.45) is 5.45. The van der Waals surface area contributed by atoms with E-state index in [9.17, 15) is 0 Å². The Morgan fingerprint density at radius 1 is 1.44 bits per heavy atom. The maximum Gasteiger partial charge on any atom is 0.117 e. The Morgan fingerprint density at radius 3 is 3.19 bits per heavy atom. The van der Waals surface area contributed by atoms with Gasteiger partial charge in [0, 0.05) is 11.6 Å². The van der Waals surface area contributed by atoms with Crippen LogP contribution in [0, 0.1) is 0 Å². The predicted octanol–water partition coefficient (Wildman–Crippen LogP) is 3.77. The lowest BCUT2D eigenvalue weighted by Crippen LogP contribution is -2.12. The van der Waals surface area contributed by atoms with Gasteiger partial charge >= 0.3 is 0 Å². The number of hydrogen-bond donors (Lipinski definition) is 0. The van der Waals surface area contributed by atoms with E-state index in [-0.39, 0.29) is 0 Å². The average molecular weight is 295 g/mol. The second-order valence-corrected chi connectivity index (χ2v) is 5.70. The van der Waals surface area contributed by atoms with Crippen LogP contribution in [0.15, 0.2) is 28.3 Å². The van der Waals surface area contributed by atoms with Crippen LogP contribution in [-0.2, 0) is 6.42 Å². The van der Waals surface area contributed by atoms with E-state index in [1.54, 1.807) is 11.3 Å². The van der Waals surface area contributed by atoms with Gasteiger partial charge in [-0.2, -0.15) is 0 Å². The van der Waals surface area contributed by atoms with Gasteiger partial charge in [-0.15, -0.1) is 11.3 Å². The standard InChI is InChI=1S/C12H11BrN2S/c13-10-7-16-12(15-10)9-5-1-3-8-4-2-6-14-11(8)9/h2,4,6-7,9H,1,3,5H2. The van der Waals surface area contributed by atoms with Gasteiger partial charge in [-0.3, -0.25) is 4.98 Å². The van der Waals surface area contributed by atoms with Crippen LogP contribution in [0.4, 0.5) is 0 Å². The Morgan fingerprint density at radius 2 is 2.38 bits per heavy atom. The summed E-state index contributed by atoms with van der Waals surface area (Å²) in [4.78, 5) is 9.07. The summed E-state index contributed by atoms with van der Waals surface area (Å²) < 4.78 is 0.940. The molecule has 1 unspecified atom stereocenters. The van der Waals surface area contributed by atoms with E-state index in [0.717, 1.165) is 11.0 Å². The van der Waals surface area contributed by atoms with Crippen molar-refractivity contribution in [3.05, 3.63) is 44.6 Å². The Bertz CT molecular complexity index is 509. The first-order valence-corrected chi connectivity index (χ1v) is 7.06. The first kappa shape index (κ1) is 10.4. The van der Waals surface area contributed by atoms with Crippen molar-refractivity contribution in [2.45, 2.75) is 25.2 Å². The first-order chi connectivity index (χ1) is 7.84. The maximum absolute atomic E-state index is 4.54. The molecule has 0 saturated heterocycles. The molecule has 1 aliphatic rings. The molecule has 2 aromatic rings. The summed E-state index contributed by atoms with van der Waals surface area (Å²) in [5.74, 6) is 0.404. The second kappa shape index (κ2) is 4.26. The minimum absolute atomic E-state index is 0.404. The second-order valence-electron chi connectivity index (χ2n) is 4.00. The molecule has 0 aliphatic heterocycles. The van der Waals surface area contributed by atoms with Crippen LogP contribution in [0.3, 0.4) is 0 Å². The molecule has 2 aromatic heterocycles. The zero-order valence-electron chi connectivity index (χ0n) is 8.69. The van der Waals surface area contributed by atoms with Crippen molar-refractivity contribution in [1.29, 1.82) is 0 Å². The van der Waals surface area contributed by atoms with Crippen molar-refractivity contribution in [3.8, 4) is 0 Å². The quantitative estimate of drug-likeness (QED) is 0.800. The SMILES string of the molecule is Brc1csc(C2CCCc3cccnc32)n1. The highest BCUT2D eigenvalue weighted by Crippen LogP contribution is 2.36. The largest absolute Gasteiger partial charge is 0.260 e. The molecule has 0 aromatic carbocycles. The molecule has 3 rings (SSSR count). The molecule has 0 saturated carbocycles. The van der Waals surface area contributed by atoms with Crippen LogP contribution in [0.2, 0.25) is 0 Å². The van der Waals surface area contributed by atoms with Gasteiger partial charge in [-0.1, -0.05) is 6.07 Å². The normalized spacial score (nSPS) is 19.4. The zero-order chi connectivity index (χ0) is 11.0. The molecule has 2 nitrogen and oxygen atoms in total. The summed E-state index contributed by atoms with van der Waals surface area (Å²) in [6.45, 7) is 0. The number of nitrogens with zero attached hydrogens (tertiary/aromatic N) is 2. The number of hydrogen-bond acceptors (Lipinski definition) is 3. The summed E-state index contributed by atoms with van der Waals surface area (Å²) >= 11 is 5.14. The summed E-state index contributed by atoms with van der Waals surface area (Å²) in [7, 11) is 0. The molecule has 0 amide bonds. The van der Waals surface area contributed by atoms with E-state index >= 15 is 0 Å². The van der Waals surface area contributed by atoms with Crippen molar-refractivity contribution in [2.24, 2.45) is 0 Å². The van der Waals surface area contributed by atoms with E-state index in [2.05, 4.69) is 32.0 Å². The van der Waals surface area contributed by atoms with Crippen LogP contribution in [0.5, 0.6) is 0 Å². The van der Waals surface area contributed by atoms with Gasteiger partial charge < -0.3 is 0 Å². The number of fused-ring (bicyclic) bond motifs is 1. The number of aryl methyl sites for hydroxylation is 1. The monoisotopic (exact) mass is 294 g/mol. The Kier molecular flexibility index (Phi) is 2.77. The highest BCUT2D eigenvalue weighted by molar-refractivity contribution is 9.10. The van der Waals surface area contributed by atoms with E-state index in [1.165, 1.54) is 29.1 Å². The predicted molar refractivity (Wildman–Crippen MR) is 68.8 cm³/mol. The van der Waals surface area contributed by atoms with E-state index < -0.39 is 0 Å². The van der Waals surface area contributed by atoms with Gasteiger partial charge in [0.2, 0.25) is 0 Å². The third-order valence-electron chi connectivity index (χ3n) is 2.99. The smallest absolute Gasteiger partial charge is 0.117 e. The highest BCUT2D eigenvalue weighted by Gasteiger charge is 2.25. The van der Waals surface area contributed by atoms with Crippen LogP contribution in [0.1, 0.15) is 35.0 Å².